The average molecular weight is 349 g/mol. The minimum absolute atomic E-state index is 0.302. The zero-order chi connectivity index (χ0) is 17.7. The molecule has 0 saturated carbocycles. The Balaban J connectivity index is 1.47. The summed E-state index contributed by atoms with van der Waals surface area (Å²) in [7, 11) is 1.77. The number of hydrogen-bond donors (Lipinski definition) is 2. The van der Waals surface area contributed by atoms with Gasteiger partial charge in [-0.1, -0.05) is 12.1 Å². The summed E-state index contributed by atoms with van der Waals surface area (Å²) >= 11 is 0. The molecule has 1 aromatic carbocycles. The molecule has 1 aliphatic heterocycles. The van der Waals surface area contributed by atoms with Gasteiger partial charge in [0.05, 0.1) is 19.3 Å². The van der Waals surface area contributed by atoms with Gasteiger partial charge in [0.15, 0.2) is 5.96 Å². The van der Waals surface area contributed by atoms with E-state index in [4.69, 9.17) is 14.2 Å². The van der Waals surface area contributed by atoms with Gasteiger partial charge in [0, 0.05) is 26.8 Å². The Kier molecular flexibility index (Phi) is 9.15. The van der Waals surface area contributed by atoms with Crippen LogP contribution in [0.3, 0.4) is 0 Å². The second-order valence-electron chi connectivity index (χ2n) is 6.15. The molecule has 1 fully saturated rings. The first kappa shape index (κ1) is 19.5. The van der Waals surface area contributed by atoms with E-state index in [-0.39, 0.29) is 0 Å². The number of nitrogens with one attached hydrogen (secondary N) is 2. The van der Waals surface area contributed by atoms with Gasteiger partial charge in [-0.3, -0.25) is 4.99 Å². The molecule has 1 aromatic rings. The van der Waals surface area contributed by atoms with Crippen molar-refractivity contribution in [3.05, 3.63) is 29.8 Å². The zero-order valence-corrected chi connectivity index (χ0v) is 15.4. The van der Waals surface area contributed by atoms with Gasteiger partial charge in [-0.15, -0.1) is 0 Å². The van der Waals surface area contributed by atoms with Crippen LogP contribution in [0.2, 0.25) is 0 Å². The summed E-state index contributed by atoms with van der Waals surface area (Å²) in [6.45, 7) is 6.50. The number of ether oxygens (including phenoxy) is 3. The normalized spacial score (nSPS) is 17.5. The first-order chi connectivity index (χ1) is 12.3. The lowest BCUT2D eigenvalue weighted by atomic mass is 10.2. The van der Waals surface area contributed by atoms with Crippen LogP contribution in [0.5, 0.6) is 5.75 Å². The molecule has 0 amide bonds. The van der Waals surface area contributed by atoms with E-state index in [2.05, 4.69) is 28.6 Å². The summed E-state index contributed by atoms with van der Waals surface area (Å²) in [5.41, 5.74) is 1.20. The van der Waals surface area contributed by atoms with Gasteiger partial charge in [-0.25, -0.2) is 0 Å². The van der Waals surface area contributed by atoms with E-state index in [1.807, 2.05) is 18.2 Å². The Hall–Kier alpha value is -1.79. The molecule has 25 heavy (non-hydrogen) atoms. The first-order valence-corrected chi connectivity index (χ1v) is 9.11. The summed E-state index contributed by atoms with van der Waals surface area (Å²) in [6, 6.07) is 8.06. The Bertz CT molecular complexity index is 516. The van der Waals surface area contributed by atoms with Crippen LogP contribution in [-0.4, -0.2) is 58.6 Å². The van der Waals surface area contributed by atoms with Crippen molar-refractivity contribution in [2.75, 3.05) is 46.6 Å². The second kappa shape index (κ2) is 11.7. The van der Waals surface area contributed by atoms with Crippen molar-refractivity contribution < 1.29 is 14.2 Å². The van der Waals surface area contributed by atoms with Crippen LogP contribution in [0.4, 0.5) is 0 Å². The number of aliphatic imine (C=N–C) groups is 1. The molecule has 0 spiro atoms. The van der Waals surface area contributed by atoms with Crippen LogP contribution >= 0.6 is 0 Å². The van der Waals surface area contributed by atoms with Gasteiger partial charge in [0.1, 0.15) is 12.4 Å². The van der Waals surface area contributed by atoms with E-state index in [9.17, 15) is 0 Å². The van der Waals surface area contributed by atoms with Crippen LogP contribution < -0.4 is 15.4 Å². The quantitative estimate of drug-likeness (QED) is 0.385. The number of hydrogen-bond acceptors (Lipinski definition) is 4. The van der Waals surface area contributed by atoms with E-state index in [0.29, 0.717) is 25.9 Å². The largest absolute Gasteiger partial charge is 0.492 e. The van der Waals surface area contributed by atoms with E-state index in [1.54, 1.807) is 7.05 Å². The number of rotatable bonds is 10. The fraction of sp³-hybridized carbons (Fsp3) is 0.632. The lowest BCUT2D eigenvalue weighted by Crippen LogP contribution is -2.39. The molecule has 2 rings (SSSR count). The highest BCUT2D eigenvalue weighted by molar-refractivity contribution is 5.79. The molecule has 0 aliphatic carbocycles. The smallest absolute Gasteiger partial charge is 0.191 e. The molecule has 0 radical (unpaired) electrons. The predicted octanol–water partition coefficient (Wildman–Crippen LogP) is 2.12. The van der Waals surface area contributed by atoms with Gasteiger partial charge in [-0.2, -0.15) is 0 Å². The number of guanidine groups is 1. The van der Waals surface area contributed by atoms with E-state index < -0.39 is 0 Å². The van der Waals surface area contributed by atoms with Gasteiger partial charge in [-0.05, 0) is 43.9 Å². The van der Waals surface area contributed by atoms with Crippen LogP contribution in [-0.2, 0) is 9.47 Å². The molecule has 1 atom stereocenters. The van der Waals surface area contributed by atoms with Gasteiger partial charge in [0.2, 0.25) is 0 Å². The summed E-state index contributed by atoms with van der Waals surface area (Å²) in [5.74, 6) is 1.68. The fourth-order valence-electron chi connectivity index (χ4n) is 2.64. The monoisotopic (exact) mass is 349 g/mol. The minimum Gasteiger partial charge on any atom is -0.492 e. The Morgan fingerprint density at radius 2 is 2.16 bits per heavy atom. The van der Waals surface area contributed by atoms with Crippen LogP contribution in [0.1, 0.15) is 24.8 Å². The van der Waals surface area contributed by atoms with Gasteiger partial charge in [0.25, 0.3) is 0 Å². The highest BCUT2D eigenvalue weighted by atomic mass is 16.5. The molecule has 6 nitrogen and oxygen atoms in total. The van der Waals surface area contributed by atoms with Crippen LogP contribution in [0.15, 0.2) is 29.3 Å². The molecule has 1 aliphatic rings. The first-order valence-electron chi connectivity index (χ1n) is 9.11. The molecule has 1 unspecified atom stereocenters. The Labute approximate surface area is 151 Å². The molecular formula is C19H31N3O3. The van der Waals surface area contributed by atoms with Crippen molar-refractivity contribution in [3.63, 3.8) is 0 Å². The number of benzene rings is 1. The lowest BCUT2D eigenvalue weighted by Gasteiger charge is -2.13. The van der Waals surface area contributed by atoms with Crippen molar-refractivity contribution in [3.8, 4) is 5.75 Å². The molecule has 6 heteroatoms. The number of nitrogens with zero attached hydrogens (tertiary/aromatic N) is 1. The summed E-state index contributed by atoms with van der Waals surface area (Å²) < 4.78 is 16.9. The van der Waals surface area contributed by atoms with Crippen molar-refractivity contribution in [2.24, 2.45) is 4.99 Å². The topological polar surface area (TPSA) is 64.1 Å². The molecule has 0 aromatic heterocycles. The van der Waals surface area contributed by atoms with E-state index >= 15 is 0 Å². The predicted molar refractivity (Wildman–Crippen MR) is 100 cm³/mol. The third kappa shape index (κ3) is 8.23. The molecular weight excluding hydrogens is 318 g/mol. The zero-order valence-electron chi connectivity index (χ0n) is 15.4. The van der Waals surface area contributed by atoms with Crippen molar-refractivity contribution in [1.82, 2.24) is 10.6 Å². The van der Waals surface area contributed by atoms with E-state index in [0.717, 1.165) is 50.7 Å². The summed E-state index contributed by atoms with van der Waals surface area (Å²) in [4.78, 5) is 4.21. The standard InChI is InChI=1S/C19H31N3O3/c1-16-6-3-7-17(14-16)25-13-10-22-19(20-2)21-9-5-11-23-15-18-8-4-12-24-18/h3,6-7,14,18H,4-5,8-13,15H2,1-2H3,(H2,20,21,22). The molecule has 0 bridgehead atoms. The maximum Gasteiger partial charge on any atom is 0.191 e. The highest BCUT2D eigenvalue weighted by Crippen LogP contribution is 2.12. The maximum absolute atomic E-state index is 5.71. The third-order valence-corrected chi connectivity index (χ3v) is 3.96. The fourth-order valence-corrected chi connectivity index (χ4v) is 2.64. The molecule has 1 saturated heterocycles. The highest BCUT2D eigenvalue weighted by Gasteiger charge is 2.14. The van der Waals surface area contributed by atoms with Crippen molar-refractivity contribution in [1.29, 1.82) is 0 Å². The second-order valence-corrected chi connectivity index (χ2v) is 6.15. The molecule has 1 heterocycles. The summed E-state index contributed by atoms with van der Waals surface area (Å²) in [6.07, 6.45) is 3.52. The van der Waals surface area contributed by atoms with Crippen molar-refractivity contribution >= 4 is 5.96 Å². The molecule has 140 valence electrons. The average Bonchev–Trinajstić information content (AvgIpc) is 3.13. The SMILES string of the molecule is CN=C(NCCCOCC1CCCO1)NCCOc1cccc(C)c1. The van der Waals surface area contributed by atoms with E-state index in [1.165, 1.54) is 5.56 Å². The lowest BCUT2D eigenvalue weighted by molar-refractivity contribution is 0.0168. The van der Waals surface area contributed by atoms with Gasteiger partial charge < -0.3 is 24.8 Å². The minimum atomic E-state index is 0.302. The summed E-state index contributed by atoms with van der Waals surface area (Å²) in [5, 5.41) is 6.52. The maximum atomic E-state index is 5.71. The molecule has 2 N–H and O–H groups in total. The van der Waals surface area contributed by atoms with Crippen molar-refractivity contribution in [2.45, 2.75) is 32.3 Å². The van der Waals surface area contributed by atoms with Crippen LogP contribution in [0.25, 0.3) is 0 Å². The number of aryl methyl sites for hydroxylation is 1. The third-order valence-electron chi connectivity index (χ3n) is 3.96. The Morgan fingerprint density at radius 1 is 1.28 bits per heavy atom. The van der Waals surface area contributed by atoms with Gasteiger partial charge >= 0.3 is 0 Å². The van der Waals surface area contributed by atoms with Crippen LogP contribution in [0, 0.1) is 6.92 Å². The Morgan fingerprint density at radius 3 is 2.92 bits per heavy atom.